The Hall–Kier alpha value is -0.880. The Bertz CT molecular complexity index is 230. The molecule has 0 aliphatic heterocycles. The largest absolute Gasteiger partial charge is 0.380 e. The maximum Gasteiger partial charge on any atom is 0.305 e. The van der Waals surface area contributed by atoms with E-state index in [2.05, 4.69) is 5.92 Å². The van der Waals surface area contributed by atoms with Crippen LogP contribution in [0.15, 0.2) is 12.2 Å². The van der Waals surface area contributed by atoms with E-state index in [0.717, 1.165) is 6.42 Å². The maximum atomic E-state index is 12.2. The van der Waals surface area contributed by atoms with Gasteiger partial charge in [-0.25, -0.2) is 0 Å². The van der Waals surface area contributed by atoms with Crippen molar-refractivity contribution >= 4 is 0 Å². The van der Waals surface area contributed by atoms with E-state index in [1.165, 1.54) is 0 Å². The van der Waals surface area contributed by atoms with Crippen LogP contribution in [0.25, 0.3) is 0 Å². The van der Waals surface area contributed by atoms with E-state index in [1.807, 2.05) is 19.1 Å². The van der Waals surface area contributed by atoms with Gasteiger partial charge in [0.15, 0.2) is 0 Å². The van der Waals surface area contributed by atoms with Crippen LogP contribution in [0.5, 0.6) is 0 Å². The van der Waals surface area contributed by atoms with E-state index in [0.29, 0.717) is 19.8 Å². The summed E-state index contributed by atoms with van der Waals surface area (Å²) >= 11 is 0. The summed E-state index contributed by atoms with van der Waals surface area (Å²) in [6.45, 7) is 2.72. The molecule has 80 valence electrons. The predicted molar refractivity (Wildman–Crippen MR) is 53.1 cm³/mol. The molecule has 0 saturated heterocycles. The lowest BCUT2D eigenvalue weighted by Crippen LogP contribution is -2.08. The lowest BCUT2D eigenvalue weighted by Gasteiger charge is -2.01. The summed E-state index contributed by atoms with van der Waals surface area (Å²) in [5, 5.41) is 9.17. The van der Waals surface area contributed by atoms with Crippen LogP contribution in [-0.4, -0.2) is 17.1 Å². The third kappa shape index (κ3) is 9.21. The van der Waals surface area contributed by atoms with Crippen LogP contribution in [0.3, 0.4) is 0 Å². The number of hydrogen-bond acceptors (Lipinski definition) is 1. The Balaban J connectivity index is 3.79. The minimum absolute atomic E-state index is 0.402. The van der Waals surface area contributed by atoms with E-state index < -0.39 is 12.0 Å². The summed E-state index contributed by atoms with van der Waals surface area (Å²) < 4.78 is 24.5. The summed E-state index contributed by atoms with van der Waals surface area (Å²) in [4.78, 5) is 0. The number of halogens is 2. The molecule has 0 aromatic rings. The van der Waals surface area contributed by atoms with Crippen LogP contribution in [0.4, 0.5) is 8.78 Å². The SMILES string of the molecule is CC/C=C\CCC(O)C#CC(C)(F)F. The summed E-state index contributed by atoms with van der Waals surface area (Å²) in [5.74, 6) is 0.813. The molecule has 1 N–H and O–H groups in total. The third-order valence-corrected chi connectivity index (χ3v) is 1.47. The van der Waals surface area contributed by atoms with Crippen LogP contribution in [0.1, 0.15) is 33.1 Å². The van der Waals surface area contributed by atoms with Crippen LogP contribution in [0.2, 0.25) is 0 Å². The lowest BCUT2D eigenvalue weighted by atomic mass is 10.2. The molecule has 3 heteroatoms. The molecule has 0 aromatic carbocycles. The molecule has 0 spiro atoms. The second-order valence-corrected chi connectivity index (χ2v) is 3.13. The summed E-state index contributed by atoms with van der Waals surface area (Å²) in [7, 11) is 0. The molecule has 0 amide bonds. The number of aliphatic hydroxyl groups excluding tert-OH is 1. The zero-order valence-corrected chi connectivity index (χ0v) is 8.56. The normalized spacial score (nSPS) is 13.8. The van der Waals surface area contributed by atoms with E-state index in [1.54, 1.807) is 5.92 Å². The van der Waals surface area contributed by atoms with Crippen molar-refractivity contribution in [1.82, 2.24) is 0 Å². The molecule has 0 radical (unpaired) electrons. The van der Waals surface area contributed by atoms with Gasteiger partial charge in [0.1, 0.15) is 6.10 Å². The lowest BCUT2D eigenvalue weighted by molar-refractivity contribution is 0.0880. The van der Waals surface area contributed by atoms with Crippen molar-refractivity contribution in [3.05, 3.63) is 12.2 Å². The summed E-state index contributed by atoms with van der Waals surface area (Å²) in [6.07, 6.45) is 4.93. The van der Waals surface area contributed by atoms with Gasteiger partial charge in [-0.3, -0.25) is 0 Å². The molecule has 0 heterocycles. The highest BCUT2D eigenvalue weighted by atomic mass is 19.3. The molecule has 0 saturated carbocycles. The number of rotatable bonds is 4. The van der Waals surface area contributed by atoms with Gasteiger partial charge in [0, 0.05) is 6.92 Å². The highest BCUT2D eigenvalue weighted by Crippen LogP contribution is 2.09. The van der Waals surface area contributed by atoms with Gasteiger partial charge in [-0.05, 0) is 25.2 Å². The first-order chi connectivity index (χ1) is 6.45. The number of allylic oxidation sites excluding steroid dienone is 2. The summed E-state index contributed by atoms with van der Waals surface area (Å²) in [5.41, 5.74) is 0. The highest BCUT2D eigenvalue weighted by molar-refractivity contribution is 5.11. The van der Waals surface area contributed by atoms with Crippen molar-refractivity contribution in [3.8, 4) is 11.8 Å². The van der Waals surface area contributed by atoms with E-state index in [9.17, 15) is 13.9 Å². The average molecular weight is 202 g/mol. The van der Waals surface area contributed by atoms with Gasteiger partial charge >= 0.3 is 5.92 Å². The molecular formula is C11H16F2O. The first kappa shape index (κ1) is 13.1. The second-order valence-electron chi connectivity index (χ2n) is 3.13. The first-order valence-electron chi connectivity index (χ1n) is 4.69. The fourth-order valence-corrected chi connectivity index (χ4v) is 0.821. The molecule has 0 rings (SSSR count). The monoisotopic (exact) mass is 202 g/mol. The number of hydrogen-bond donors (Lipinski definition) is 1. The van der Waals surface area contributed by atoms with Gasteiger partial charge in [-0.1, -0.05) is 25.0 Å². The molecule has 1 nitrogen and oxygen atoms in total. The second kappa shape index (κ2) is 6.56. The number of aliphatic hydroxyl groups is 1. The minimum atomic E-state index is -3.01. The molecule has 14 heavy (non-hydrogen) atoms. The van der Waals surface area contributed by atoms with Gasteiger partial charge in [-0.2, -0.15) is 8.78 Å². The summed E-state index contributed by atoms with van der Waals surface area (Å²) in [6, 6.07) is 0. The predicted octanol–water partition coefficient (Wildman–Crippen LogP) is 2.75. The van der Waals surface area contributed by atoms with Gasteiger partial charge < -0.3 is 5.11 Å². The van der Waals surface area contributed by atoms with Crippen LogP contribution in [-0.2, 0) is 0 Å². The highest BCUT2D eigenvalue weighted by Gasteiger charge is 2.16. The van der Waals surface area contributed by atoms with Crippen molar-refractivity contribution in [3.63, 3.8) is 0 Å². The Kier molecular flexibility index (Phi) is 6.14. The van der Waals surface area contributed by atoms with Gasteiger partial charge in [0.05, 0.1) is 0 Å². The van der Waals surface area contributed by atoms with Crippen molar-refractivity contribution in [1.29, 1.82) is 0 Å². The van der Waals surface area contributed by atoms with Crippen molar-refractivity contribution in [2.24, 2.45) is 0 Å². The molecular weight excluding hydrogens is 186 g/mol. The smallest absolute Gasteiger partial charge is 0.305 e. The van der Waals surface area contributed by atoms with Crippen LogP contribution in [0, 0.1) is 11.8 Å². The van der Waals surface area contributed by atoms with Gasteiger partial charge in [0.2, 0.25) is 0 Å². The molecule has 0 aliphatic rings. The fraction of sp³-hybridized carbons (Fsp3) is 0.636. The Morgan fingerprint density at radius 3 is 2.57 bits per heavy atom. The molecule has 0 fully saturated rings. The van der Waals surface area contributed by atoms with E-state index >= 15 is 0 Å². The topological polar surface area (TPSA) is 20.2 Å². The zero-order chi connectivity index (χ0) is 11.0. The van der Waals surface area contributed by atoms with Crippen LogP contribution < -0.4 is 0 Å². The van der Waals surface area contributed by atoms with Crippen molar-refractivity contribution in [2.75, 3.05) is 0 Å². The van der Waals surface area contributed by atoms with Gasteiger partial charge in [-0.15, -0.1) is 0 Å². The average Bonchev–Trinajstić information content (AvgIpc) is 2.08. The molecule has 1 unspecified atom stereocenters. The fourth-order valence-electron chi connectivity index (χ4n) is 0.821. The van der Waals surface area contributed by atoms with Crippen LogP contribution >= 0.6 is 0 Å². The van der Waals surface area contributed by atoms with E-state index in [-0.39, 0.29) is 0 Å². The molecule has 0 bridgehead atoms. The third-order valence-electron chi connectivity index (χ3n) is 1.47. The Labute approximate surface area is 83.8 Å². The molecule has 0 aliphatic carbocycles. The zero-order valence-electron chi connectivity index (χ0n) is 8.56. The Morgan fingerprint density at radius 1 is 1.43 bits per heavy atom. The minimum Gasteiger partial charge on any atom is -0.380 e. The standard InChI is InChI=1S/C11H16F2O/c1-3-4-5-6-7-10(14)8-9-11(2,12)13/h4-5,10,14H,3,6-7H2,1-2H3/b5-4-. The van der Waals surface area contributed by atoms with Crippen molar-refractivity contribution in [2.45, 2.75) is 45.1 Å². The number of alkyl halides is 2. The van der Waals surface area contributed by atoms with Crippen molar-refractivity contribution < 1.29 is 13.9 Å². The molecule has 1 atom stereocenters. The van der Waals surface area contributed by atoms with Gasteiger partial charge in [0.25, 0.3) is 0 Å². The first-order valence-corrected chi connectivity index (χ1v) is 4.69. The quantitative estimate of drug-likeness (QED) is 0.549. The maximum absolute atomic E-state index is 12.2. The Morgan fingerprint density at radius 2 is 2.07 bits per heavy atom. The molecule has 0 aromatic heterocycles. The van der Waals surface area contributed by atoms with E-state index in [4.69, 9.17) is 0 Å².